The van der Waals surface area contributed by atoms with Gasteiger partial charge in [-0.2, -0.15) is 0 Å². The highest BCUT2D eigenvalue weighted by atomic mass is 79.9. The Kier molecular flexibility index (Phi) is 4.93. The molecule has 0 spiro atoms. The summed E-state index contributed by atoms with van der Waals surface area (Å²) in [5.74, 6) is 1.01. The maximum atomic E-state index is 12.2. The van der Waals surface area contributed by atoms with Gasteiger partial charge in [0, 0.05) is 30.1 Å². The van der Waals surface area contributed by atoms with Gasteiger partial charge in [0.25, 0.3) is 0 Å². The number of halogens is 4. The van der Waals surface area contributed by atoms with E-state index in [2.05, 4.69) is 25.7 Å². The van der Waals surface area contributed by atoms with Crippen molar-refractivity contribution in [3.05, 3.63) is 28.5 Å². The zero-order chi connectivity index (χ0) is 16.4. The largest absolute Gasteiger partial charge is 0.522 e. The zero-order valence-corrected chi connectivity index (χ0v) is 13.9. The van der Waals surface area contributed by atoms with E-state index in [9.17, 15) is 13.2 Å². The molecule has 0 aliphatic carbocycles. The number of nitrogens with zero attached hydrogens (tertiary/aromatic N) is 2. The molecule has 0 radical (unpaired) electrons. The number of hydrogen-bond donors (Lipinski definition) is 0. The van der Waals surface area contributed by atoms with Gasteiger partial charge < -0.3 is 9.30 Å². The minimum Gasteiger partial charge on any atom is -0.381 e. The van der Waals surface area contributed by atoms with Crippen molar-refractivity contribution in [2.24, 2.45) is 0 Å². The third-order valence-electron chi connectivity index (χ3n) is 3.91. The van der Waals surface area contributed by atoms with Gasteiger partial charge in [0.15, 0.2) is 0 Å². The van der Waals surface area contributed by atoms with Crippen LogP contribution in [0, 0.1) is 0 Å². The lowest BCUT2D eigenvalue weighted by molar-refractivity contribution is -0.325. The molecule has 4 nitrogen and oxygen atoms in total. The fraction of sp³-hybridized carbons (Fsp3) is 0.533. The van der Waals surface area contributed by atoms with E-state index in [0.29, 0.717) is 13.2 Å². The van der Waals surface area contributed by atoms with Crippen LogP contribution in [-0.4, -0.2) is 35.7 Å². The Hall–Kier alpha value is -1.12. The Morgan fingerprint density at radius 2 is 2.04 bits per heavy atom. The van der Waals surface area contributed by atoms with E-state index in [4.69, 9.17) is 4.74 Å². The van der Waals surface area contributed by atoms with Crippen molar-refractivity contribution in [2.45, 2.75) is 31.7 Å². The summed E-state index contributed by atoms with van der Waals surface area (Å²) >= 11 is 3.40. The first-order valence-corrected chi connectivity index (χ1v) is 8.17. The third kappa shape index (κ3) is 4.05. The Bertz CT molecular complexity index is 681. The third-order valence-corrected chi connectivity index (χ3v) is 4.40. The predicted molar refractivity (Wildman–Crippen MR) is 82.2 cm³/mol. The molecular weight excluding hydrogens is 377 g/mol. The molecule has 1 aliphatic heterocycles. The Morgan fingerprint density at radius 3 is 2.74 bits per heavy atom. The van der Waals surface area contributed by atoms with Gasteiger partial charge in [0.2, 0.25) is 0 Å². The number of ether oxygens (including phenoxy) is 2. The van der Waals surface area contributed by atoms with E-state index in [1.165, 1.54) is 0 Å². The fourth-order valence-electron chi connectivity index (χ4n) is 2.87. The van der Waals surface area contributed by atoms with Crippen molar-refractivity contribution < 1.29 is 22.6 Å². The molecular formula is C15H16BrF3N2O2. The van der Waals surface area contributed by atoms with Gasteiger partial charge in [-0.15, -0.1) is 13.2 Å². The van der Waals surface area contributed by atoms with Crippen LogP contribution >= 0.6 is 15.9 Å². The quantitative estimate of drug-likeness (QED) is 0.780. The molecule has 1 fully saturated rings. The standard InChI is InChI=1S/C15H16BrF3N2O2/c16-11-1-2-12-13(9-11)21(5-8-23-15(17,18)19)14(20-12)10-3-6-22-7-4-10/h1-2,9-10H,3-8H2. The van der Waals surface area contributed by atoms with Crippen molar-refractivity contribution in [3.63, 3.8) is 0 Å². The second kappa shape index (κ2) is 6.78. The number of alkyl halides is 3. The molecule has 0 N–H and O–H groups in total. The van der Waals surface area contributed by atoms with Crippen LogP contribution in [0.2, 0.25) is 0 Å². The van der Waals surface area contributed by atoms with Crippen LogP contribution in [0.3, 0.4) is 0 Å². The highest BCUT2D eigenvalue weighted by molar-refractivity contribution is 9.10. The molecule has 0 saturated carbocycles. The molecule has 0 atom stereocenters. The lowest BCUT2D eigenvalue weighted by atomic mass is 9.99. The van der Waals surface area contributed by atoms with E-state index in [1.807, 2.05) is 22.8 Å². The summed E-state index contributed by atoms with van der Waals surface area (Å²) in [5.41, 5.74) is 1.59. The van der Waals surface area contributed by atoms with Crippen LogP contribution < -0.4 is 0 Å². The van der Waals surface area contributed by atoms with E-state index in [-0.39, 0.29) is 12.5 Å². The van der Waals surface area contributed by atoms with E-state index < -0.39 is 13.0 Å². The van der Waals surface area contributed by atoms with Crippen molar-refractivity contribution in [1.82, 2.24) is 9.55 Å². The minimum absolute atomic E-state index is 0.110. The maximum absolute atomic E-state index is 12.2. The lowest BCUT2D eigenvalue weighted by Crippen LogP contribution is -2.21. The fourth-order valence-corrected chi connectivity index (χ4v) is 3.22. The number of imidazole rings is 1. The van der Waals surface area contributed by atoms with E-state index in [0.717, 1.165) is 34.2 Å². The molecule has 2 aromatic rings. The first-order valence-electron chi connectivity index (χ1n) is 7.38. The number of aromatic nitrogens is 2. The van der Waals surface area contributed by atoms with Gasteiger partial charge in [-0.05, 0) is 31.0 Å². The normalized spacial score (nSPS) is 17.0. The summed E-state index contributed by atoms with van der Waals surface area (Å²) in [6.07, 6.45) is -2.97. The van der Waals surface area contributed by atoms with Gasteiger partial charge in [0.1, 0.15) is 5.82 Å². The van der Waals surface area contributed by atoms with Gasteiger partial charge in [-0.1, -0.05) is 15.9 Å². The summed E-state index contributed by atoms with van der Waals surface area (Å²) in [4.78, 5) is 4.64. The summed E-state index contributed by atoms with van der Waals surface area (Å²) in [5, 5.41) is 0. The maximum Gasteiger partial charge on any atom is 0.522 e. The van der Waals surface area contributed by atoms with Gasteiger partial charge in [-0.25, -0.2) is 4.98 Å². The second-order valence-corrected chi connectivity index (χ2v) is 6.35. The molecule has 0 unspecified atom stereocenters. The predicted octanol–water partition coefficient (Wildman–Crippen LogP) is 4.23. The molecule has 3 rings (SSSR count). The summed E-state index contributed by atoms with van der Waals surface area (Å²) < 4.78 is 48.7. The van der Waals surface area contributed by atoms with Crippen LogP contribution in [0.1, 0.15) is 24.6 Å². The number of fused-ring (bicyclic) bond motifs is 1. The van der Waals surface area contributed by atoms with Crippen molar-refractivity contribution in [3.8, 4) is 0 Å². The minimum atomic E-state index is -4.62. The van der Waals surface area contributed by atoms with E-state index >= 15 is 0 Å². The average Bonchev–Trinajstić information content (AvgIpc) is 2.85. The van der Waals surface area contributed by atoms with Crippen LogP contribution in [0.15, 0.2) is 22.7 Å². The summed E-state index contributed by atoms with van der Waals surface area (Å²) in [6.45, 7) is 0.976. The van der Waals surface area contributed by atoms with Crippen molar-refractivity contribution in [2.75, 3.05) is 19.8 Å². The first kappa shape index (κ1) is 16.7. The van der Waals surface area contributed by atoms with Crippen molar-refractivity contribution >= 4 is 27.0 Å². The Labute approximate surface area is 139 Å². The van der Waals surface area contributed by atoms with Crippen LogP contribution in [-0.2, 0) is 16.0 Å². The van der Waals surface area contributed by atoms with Gasteiger partial charge in [-0.3, -0.25) is 4.74 Å². The first-order chi connectivity index (χ1) is 10.9. The molecule has 1 aliphatic rings. The topological polar surface area (TPSA) is 36.3 Å². The molecule has 8 heteroatoms. The molecule has 1 aromatic heterocycles. The zero-order valence-electron chi connectivity index (χ0n) is 12.3. The van der Waals surface area contributed by atoms with Crippen LogP contribution in [0.5, 0.6) is 0 Å². The monoisotopic (exact) mass is 392 g/mol. The van der Waals surface area contributed by atoms with Crippen LogP contribution in [0.4, 0.5) is 13.2 Å². The molecule has 1 saturated heterocycles. The second-order valence-electron chi connectivity index (χ2n) is 5.44. The molecule has 1 aromatic carbocycles. The molecule has 23 heavy (non-hydrogen) atoms. The Balaban J connectivity index is 1.92. The number of hydrogen-bond acceptors (Lipinski definition) is 3. The molecule has 126 valence electrons. The SMILES string of the molecule is FC(F)(F)OCCn1c(C2CCOCC2)nc2ccc(Br)cc21. The van der Waals surface area contributed by atoms with Gasteiger partial charge in [0.05, 0.1) is 17.6 Å². The summed E-state index contributed by atoms with van der Waals surface area (Å²) in [6, 6.07) is 5.61. The van der Waals surface area contributed by atoms with Crippen LogP contribution in [0.25, 0.3) is 11.0 Å². The summed E-state index contributed by atoms with van der Waals surface area (Å²) in [7, 11) is 0. The molecule has 0 bridgehead atoms. The van der Waals surface area contributed by atoms with Gasteiger partial charge >= 0.3 is 6.36 Å². The number of benzene rings is 1. The number of rotatable bonds is 4. The highest BCUT2D eigenvalue weighted by Gasteiger charge is 2.29. The molecule has 2 heterocycles. The Morgan fingerprint density at radius 1 is 1.30 bits per heavy atom. The van der Waals surface area contributed by atoms with Crippen molar-refractivity contribution in [1.29, 1.82) is 0 Å². The smallest absolute Gasteiger partial charge is 0.381 e. The molecule has 0 amide bonds. The average molecular weight is 393 g/mol. The lowest BCUT2D eigenvalue weighted by Gasteiger charge is -2.22. The highest BCUT2D eigenvalue weighted by Crippen LogP contribution is 2.30. The van der Waals surface area contributed by atoms with E-state index in [1.54, 1.807) is 0 Å².